The highest BCUT2D eigenvalue weighted by Gasteiger charge is 2.31. The minimum absolute atomic E-state index is 0.157. The van der Waals surface area contributed by atoms with Gasteiger partial charge in [0, 0.05) is 18.3 Å². The van der Waals surface area contributed by atoms with Crippen molar-refractivity contribution in [2.75, 3.05) is 30.8 Å². The number of hydrogen-bond acceptors (Lipinski definition) is 5. The highest BCUT2D eigenvalue weighted by molar-refractivity contribution is 6.01. The smallest absolute Gasteiger partial charge is 0.482 e. The number of benzene rings is 2. The number of carbonyl (C=O) groups is 3. The maximum atomic E-state index is 12.5. The molecule has 1 aliphatic heterocycles. The molecule has 158 valence electrons. The molecule has 0 fully saturated rings. The summed E-state index contributed by atoms with van der Waals surface area (Å²) in [5.74, 6) is -1.37. The molecule has 2 N–H and O–H groups in total. The Kier molecular flexibility index (Phi) is 5.81. The Bertz CT molecular complexity index is 976. The molecule has 3 amide bonds. The number of ether oxygens (including phenoxy) is 2. The van der Waals surface area contributed by atoms with Gasteiger partial charge in [-0.05, 0) is 42.5 Å². The van der Waals surface area contributed by atoms with Crippen LogP contribution in [0.15, 0.2) is 42.5 Å². The molecule has 3 rings (SSSR count). The molecule has 0 unspecified atom stereocenters. The number of alkyl halides is 3. The van der Waals surface area contributed by atoms with E-state index in [2.05, 4.69) is 15.4 Å². The van der Waals surface area contributed by atoms with Crippen LogP contribution in [0.25, 0.3) is 0 Å². The van der Waals surface area contributed by atoms with Crippen LogP contribution >= 0.6 is 0 Å². The second kappa shape index (κ2) is 8.31. The number of amides is 3. The van der Waals surface area contributed by atoms with Crippen molar-refractivity contribution in [3.05, 3.63) is 48.0 Å². The molecule has 0 aliphatic carbocycles. The standard InChI is InChI=1S/C19H16F3N3O5/c1-25(18(28)11-2-7-14-15(8-11)29-10-17(27)24-14)9-16(26)23-12-3-5-13(6-4-12)30-19(20,21)22/h2-8H,9-10H2,1H3,(H,23,26)(H,24,27). The summed E-state index contributed by atoms with van der Waals surface area (Å²) in [7, 11) is 1.42. The SMILES string of the molecule is CN(CC(=O)Nc1ccc(OC(F)(F)F)cc1)C(=O)c1ccc2c(c1)OCC(=O)N2. The zero-order chi connectivity index (χ0) is 21.9. The molecule has 0 saturated carbocycles. The summed E-state index contributed by atoms with van der Waals surface area (Å²) in [5, 5.41) is 5.09. The lowest BCUT2D eigenvalue weighted by atomic mass is 10.1. The van der Waals surface area contributed by atoms with E-state index in [0.29, 0.717) is 11.4 Å². The van der Waals surface area contributed by atoms with Crippen LogP contribution in [-0.4, -0.2) is 49.2 Å². The van der Waals surface area contributed by atoms with Crippen LogP contribution in [0.1, 0.15) is 10.4 Å². The van der Waals surface area contributed by atoms with E-state index in [9.17, 15) is 27.6 Å². The van der Waals surface area contributed by atoms with Crippen LogP contribution in [0.5, 0.6) is 11.5 Å². The van der Waals surface area contributed by atoms with Gasteiger partial charge in [-0.25, -0.2) is 0 Å². The Morgan fingerprint density at radius 3 is 2.57 bits per heavy atom. The number of nitrogens with one attached hydrogen (secondary N) is 2. The maximum absolute atomic E-state index is 12.5. The molecule has 0 atom stereocenters. The van der Waals surface area contributed by atoms with Crippen LogP contribution in [0, 0.1) is 0 Å². The molecule has 1 heterocycles. The van der Waals surface area contributed by atoms with Crippen LogP contribution in [0.2, 0.25) is 0 Å². The molecule has 2 aromatic rings. The number of rotatable bonds is 5. The lowest BCUT2D eigenvalue weighted by molar-refractivity contribution is -0.274. The summed E-state index contributed by atoms with van der Waals surface area (Å²) in [6.45, 7) is -0.454. The van der Waals surface area contributed by atoms with Gasteiger partial charge in [0.05, 0.1) is 12.2 Å². The van der Waals surface area contributed by atoms with E-state index >= 15 is 0 Å². The zero-order valence-corrected chi connectivity index (χ0v) is 15.6. The van der Waals surface area contributed by atoms with Crippen molar-refractivity contribution in [2.24, 2.45) is 0 Å². The topological polar surface area (TPSA) is 97.0 Å². The van der Waals surface area contributed by atoms with Gasteiger partial charge >= 0.3 is 6.36 Å². The summed E-state index contributed by atoms with van der Waals surface area (Å²) in [5.41, 5.74) is 0.947. The first-order chi connectivity index (χ1) is 14.1. The molecular weight excluding hydrogens is 407 g/mol. The van der Waals surface area contributed by atoms with Crippen LogP contribution in [0.4, 0.5) is 24.5 Å². The molecule has 0 saturated heterocycles. The van der Waals surface area contributed by atoms with Crippen molar-refractivity contribution in [3.63, 3.8) is 0 Å². The highest BCUT2D eigenvalue weighted by atomic mass is 19.4. The van der Waals surface area contributed by atoms with Gasteiger partial charge in [-0.1, -0.05) is 0 Å². The van der Waals surface area contributed by atoms with Crippen molar-refractivity contribution < 1.29 is 37.0 Å². The number of halogens is 3. The number of likely N-dealkylation sites (N-methyl/N-ethyl adjacent to an activating group) is 1. The summed E-state index contributed by atoms with van der Waals surface area (Å²) < 4.78 is 45.5. The van der Waals surface area contributed by atoms with Gasteiger partial charge in [0.2, 0.25) is 5.91 Å². The first-order valence-electron chi connectivity index (χ1n) is 8.58. The molecule has 0 spiro atoms. The average molecular weight is 423 g/mol. The van der Waals surface area contributed by atoms with E-state index in [1.165, 1.54) is 42.3 Å². The Labute approximate surface area is 168 Å². The summed E-state index contributed by atoms with van der Waals surface area (Å²) >= 11 is 0. The summed E-state index contributed by atoms with van der Waals surface area (Å²) in [6, 6.07) is 9.09. The van der Waals surface area contributed by atoms with Gasteiger partial charge in [0.15, 0.2) is 6.61 Å². The van der Waals surface area contributed by atoms with E-state index in [4.69, 9.17) is 4.74 Å². The minimum atomic E-state index is -4.80. The molecular formula is C19H16F3N3O5. The molecule has 11 heteroatoms. The Balaban J connectivity index is 1.57. The van der Waals surface area contributed by atoms with Crippen molar-refractivity contribution in [2.45, 2.75) is 6.36 Å². The number of fused-ring (bicyclic) bond motifs is 1. The third kappa shape index (κ3) is 5.40. The molecule has 0 bridgehead atoms. The second-order valence-electron chi connectivity index (χ2n) is 6.33. The molecule has 0 aromatic heterocycles. The lowest BCUT2D eigenvalue weighted by Crippen LogP contribution is -2.35. The molecule has 2 aromatic carbocycles. The van der Waals surface area contributed by atoms with Crippen molar-refractivity contribution in [1.82, 2.24) is 4.90 Å². The summed E-state index contributed by atoms with van der Waals surface area (Å²) in [4.78, 5) is 37.2. The number of carbonyl (C=O) groups excluding carboxylic acids is 3. The monoisotopic (exact) mass is 423 g/mol. The third-order valence-corrected chi connectivity index (χ3v) is 3.96. The van der Waals surface area contributed by atoms with Gasteiger partial charge in [-0.2, -0.15) is 0 Å². The van der Waals surface area contributed by atoms with Crippen molar-refractivity contribution in [3.8, 4) is 11.5 Å². The van der Waals surface area contributed by atoms with E-state index in [-0.39, 0.29) is 30.3 Å². The predicted octanol–water partition coefficient (Wildman–Crippen LogP) is 2.63. The normalized spacial score (nSPS) is 12.9. The van der Waals surface area contributed by atoms with Gasteiger partial charge < -0.3 is 25.0 Å². The van der Waals surface area contributed by atoms with Crippen LogP contribution in [0.3, 0.4) is 0 Å². The van der Waals surface area contributed by atoms with Gasteiger partial charge in [0.25, 0.3) is 11.8 Å². The summed E-state index contributed by atoms with van der Waals surface area (Å²) in [6.07, 6.45) is -4.80. The van der Waals surface area contributed by atoms with Crippen molar-refractivity contribution >= 4 is 29.1 Å². The van der Waals surface area contributed by atoms with E-state index in [0.717, 1.165) is 12.1 Å². The van der Waals surface area contributed by atoms with Gasteiger partial charge in [0.1, 0.15) is 11.5 Å². The highest BCUT2D eigenvalue weighted by Crippen LogP contribution is 2.29. The van der Waals surface area contributed by atoms with E-state index in [1.54, 1.807) is 0 Å². The zero-order valence-electron chi connectivity index (χ0n) is 15.6. The van der Waals surface area contributed by atoms with Gasteiger partial charge in [-0.3, -0.25) is 14.4 Å². The van der Waals surface area contributed by atoms with E-state index in [1.807, 2.05) is 0 Å². The molecule has 30 heavy (non-hydrogen) atoms. The van der Waals surface area contributed by atoms with Crippen molar-refractivity contribution in [1.29, 1.82) is 0 Å². The van der Waals surface area contributed by atoms with Gasteiger partial charge in [-0.15, -0.1) is 13.2 Å². The molecule has 8 nitrogen and oxygen atoms in total. The maximum Gasteiger partial charge on any atom is 0.573 e. The fourth-order valence-electron chi connectivity index (χ4n) is 2.66. The number of hydrogen-bond donors (Lipinski definition) is 2. The van der Waals surface area contributed by atoms with E-state index < -0.39 is 23.9 Å². The first-order valence-corrected chi connectivity index (χ1v) is 8.58. The predicted molar refractivity (Wildman–Crippen MR) is 99.3 cm³/mol. The lowest BCUT2D eigenvalue weighted by Gasteiger charge is -2.20. The Morgan fingerprint density at radius 1 is 1.20 bits per heavy atom. The minimum Gasteiger partial charge on any atom is -0.482 e. The fraction of sp³-hybridized carbons (Fsp3) is 0.211. The van der Waals surface area contributed by atoms with Crippen LogP contribution in [-0.2, 0) is 9.59 Å². The number of nitrogens with zero attached hydrogens (tertiary/aromatic N) is 1. The first kappa shape index (κ1) is 21.0. The Morgan fingerprint density at radius 2 is 1.90 bits per heavy atom. The quantitative estimate of drug-likeness (QED) is 0.771. The second-order valence-corrected chi connectivity index (χ2v) is 6.33. The molecule has 1 aliphatic rings. The average Bonchev–Trinajstić information content (AvgIpc) is 2.67. The number of anilines is 2. The fourth-order valence-corrected chi connectivity index (χ4v) is 2.66. The van der Waals surface area contributed by atoms with Crippen LogP contribution < -0.4 is 20.1 Å². The Hall–Kier alpha value is -3.76. The largest absolute Gasteiger partial charge is 0.573 e. The third-order valence-electron chi connectivity index (χ3n) is 3.96. The molecule has 0 radical (unpaired) electrons.